The summed E-state index contributed by atoms with van der Waals surface area (Å²) in [5.74, 6) is 0.725. The van der Waals surface area contributed by atoms with Crippen molar-refractivity contribution in [2.24, 2.45) is 0 Å². The van der Waals surface area contributed by atoms with Crippen LogP contribution in [0.4, 0.5) is 5.69 Å². The molecule has 0 aliphatic carbocycles. The van der Waals surface area contributed by atoms with E-state index in [0.29, 0.717) is 24.9 Å². The number of amides is 1. The van der Waals surface area contributed by atoms with Crippen molar-refractivity contribution in [3.63, 3.8) is 0 Å². The summed E-state index contributed by atoms with van der Waals surface area (Å²) in [6.07, 6.45) is 1.49. The van der Waals surface area contributed by atoms with Gasteiger partial charge >= 0.3 is 0 Å². The first-order valence-electron chi connectivity index (χ1n) is 8.45. The molecule has 2 aromatic rings. The van der Waals surface area contributed by atoms with Crippen LogP contribution in [-0.2, 0) is 27.7 Å². The van der Waals surface area contributed by atoms with Gasteiger partial charge in [0, 0.05) is 18.2 Å². The summed E-state index contributed by atoms with van der Waals surface area (Å²) in [6, 6.07) is 12.1. The summed E-state index contributed by atoms with van der Waals surface area (Å²) < 4.78 is 33.2. The molecule has 138 valence electrons. The summed E-state index contributed by atoms with van der Waals surface area (Å²) in [5, 5.41) is 2.76. The van der Waals surface area contributed by atoms with Crippen molar-refractivity contribution in [1.29, 1.82) is 0 Å². The molecule has 1 unspecified atom stereocenters. The van der Waals surface area contributed by atoms with Crippen molar-refractivity contribution in [3.05, 3.63) is 53.6 Å². The van der Waals surface area contributed by atoms with E-state index in [2.05, 4.69) is 10.0 Å². The molecule has 26 heavy (non-hydrogen) atoms. The lowest BCUT2D eigenvalue weighted by atomic mass is 10.0. The van der Waals surface area contributed by atoms with Gasteiger partial charge in [0.15, 0.2) is 0 Å². The third-order valence-corrected chi connectivity index (χ3v) is 5.93. The maximum absolute atomic E-state index is 12.7. The number of nitrogens with one attached hydrogen (secondary N) is 2. The lowest BCUT2D eigenvalue weighted by Gasteiger charge is -2.19. The number of fused-ring (bicyclic) bond motifs is 1. The van der Waals surface area contributed by atoms with Crippen LogP contribution in [0.5, 0.6) is 5.75 Å². The number of methoxy groups -OCH3 is 1. The standard InChI is InChI=1S/C19H22N2O4S/c1-13(11-14-3-6-16(25-2)7-4-14)21-26(23,24)17-8-9-18-15(12-17)5-10-19(22)20-18/h3-4,6-9,12-13,21H,5,10-11H2,1-2H3,(H,20,22). The van der Waals surface area contributed by atoms with Gasteiger partial charge in [0.05, 0.1) is 12.0 Å². The van der Waals surface area contributed by atoms with Gasteiger partial charge in [-0.3, -0.25) is 4.79 Å². The van der Waals surface area contributed by atoms with Gasteiger partial charge in [0.2, 0.25) is 15.9 Å². The number of aryl methyl sites for hydroxylation is 1. The Morgan fingerprint density at radius 2 is 1.88 bits per heavy atom. The summed E-state index contributed by atoms with van der Waals surface area (Å²) in [4.78, 5) is 11.6. The van der Waals surface area contributed by atoms with Crippen LogP contribution in [0.3, 0.4) is 0 Å². The molecule has 0 fully saturated rings. The number of anilines is 1. The Hall–Kier alpha value is -2.38. The molecule has 1 amide bonds. The first-order chi connectivity index (χ1) is 12.4. The average Bonchev–Trinajstić information content (AvgIpc) is 2.61. The third kappa shape index (κ3) is 4.23. The second-order valence-corrected chi connectivity index (χ2v) is 8.16. The molecule has 1 aliphatic heterocycles. The summed E-state index contributed by atoms with van der Waals surface area (Å²) >= 11 is 0. The lowest BCUT2D eigenvalue weighted by molar-refractivity contribution is -0.116. The highest BCUT2D eigenvalue weighted by Crippen LogP contribution is 2.25. The number of carbonyl (C=O) groups is 1. The van der Waals surface area contributed by atoms with Crippen LogP contribution in [-0.4, -0.2) is 27.5 Å². The molecular formula is C19H22N2O4S. The molecule has 1 aliphatic rings. The molecule has 3 rings (SSSR count). The molecule has 2 aromatic carbocycles. The first-order valence-corrected chi connectivity index (χ1v) is 9.94. The Bertz CT molecular complexity index is 908. The fourth-order valence-corrected chi connectivity index (χ4v) is 4.31. The lowest BCUT2D eigenvalue weighted by Crippen LogP contribution is -2.34. The van der Waals surface area contributed by atoms with Crippen LogP contribution in [0.25, 0.3) is 0 Å². The quantitative estimate of drug-likeness (QED) is 0.814. The molecule has 0 radical (unpaired) electrons. The van der Waals surface area contributed by atoms with E-state index in [1.165, 1.54) is 6.07 Å². The fraction of sp³-hybridized carbons (Fsp3) is 0.316. The Kier molecular flexibility index (Phi) is 5.29. The molecule has 0 bridgehead atoms. The number of hydrogen-bond acceptors (Lipinski definition) is 4. The van der Waals surface area contributed by atoms with Gasteiger partial charge in [-0.2, -0.15) is 0 Å². The SMILES string of the molecule is COc1ccc(CC(C)NS(=O)(=O)c2ccc3c(c2)CCC(=O)N3)cc1. The zero-order valence-corrected chi connectivity index (χ0v) is 15.6. The summed E-state index contributed by atoms with van der Waals surface area (Å²) in [5.41, 5.74) is 2.55. The van der Waals surface area contributed by atoms with E-state index in [4.69, 9.17) is 4.74 Å². The molecule has 7 heteroatoms. The van der Waals surface area contributed by atoms with Crippen LogP contribution in [0.15, 0.2) is 47.4 Å². The van der Waals surface area contributed by atoms with Crippen LogP contribution in [0, 0.1) is 0 Å². The van der Waals surface area contributed by atoms with Crippen LogP contribution < -0.4 is 14.8 Å². The average molecular weight is 374 g/mol. The van der Waals surface area contributed by atoms with Crippen molar-refractivity contribution in [3.8, 4) is 5.75 Å². The van der Waals surface area contributed by atoms with E-state index >= 15 is 0 Å². The number of carbonyl (C=O) groups excluding carboxylic acids is 1. The van der Waals surface area contributed by atoms with Crippen molar-refractivity contribution in [2.75, 3.05) is 12.4 Å². The molecule has 1 atom stereocenters. The third-order valence-electron chi connectivity index (χ3n) is 4.34. The molecule has 2 N–H and O–H groups in total. The van der Waals surface area contributed by atoms with Crippen molar-refractivity contribution in [2.45, 2.75) is 37.1 Å². The summed E-state index contributed by atoms with van der Waals surface area (Å²) in [6.45, 7) is 1.83. The Morgan fingerprint density at radius 3 is 2.58 bits per heavy atom. The topological polar surface area (TPSA) is 84.5 Å². The van der Waals surface area contributed by atoms with Gasteiger partial charge in [-0.15, -0.1) is 0 Å². The number of hydrogen-bond donors (Lipinski definition) is 2. The minimum absolute atomic E-state index is 0.0423. The number of rotatable bonds is 6. The summed E-state index contributed by atoms with van der Waals surface area (Å²) in [7, 11) is -2.02. The maximum Gasteiger partial charge on any atom is 0.240 e. The minimum atomic E-state index is -3.63. The Labute approximate surface area is 153 Å². The largest absolute Gasteiger partial charge is 0.497 e. The number of sulfonamides is 1. The van der Waals surface area contributed by atoms with Crippen LogP contribution in [0.2, 0.25) is 0 Å². The Morgan fingerprint density at radius 1 is 1.15 bits per heavy atom. The second-order valence-electron chi connectivity index (χ2n) is 6.44. The normalized spacial score (nSPS) is 15.1. The highest BCUT2D eigenvalue weighted by atomic mass is 32.2. The van der Waals surface area contributed by atoms with Gasteiger partial charge in [0.1, 0.15) is 5.75 Å². The molecule has 0 saturated heterocycles. The predicted octanol–water partition coefficient (Wildman–Crippen LogP) is 2.49. The van der Waals surface area contributed by atoms with E-state index in [1.807, 2.05) is 31.2 Å². The Balaban J connectivity index is 1.70. The number of ether oxygens (including phenoxy) is 1. The van der Waals surface area contributed by atoms with Gasteiger partial charge in [-0.05, 0) is 61.2 Å². The highest BCUT2D eigenvalue weighted by Gasteiger charge is 2.21. The van der Waals surface area contributed by atoms with E-state index in [-0.39, 0.29) is 16.8 Å². The molecule has 0 spiro atoms. The van der Waals surface area contributed by atoms with Crippen molar-refractivity contribution in [1.82, 2.24) is 4.72 Å². The first kappa shape index (κ1) is 18.4. The zero-order valence-electron chi connectivity index (χ0n) is 14.8. The van der Waals surface area contributed by atoms with Gasteiger partial charge < -0.3 is 10.1 Å². The smallest absolute Gasteiger partial charge is 0.240 e. The predicted molar refractivity (Wildman–Crippen MR) is 99.9 cm³/mol. The van der Waals surface area contributed by atoms with Crippen molar-refractivity contribution < 1.29 is 17.9 Å². The van der Waals surface area contributed by atoms with E-state index in [0.717, 1.165) is 16.9 Å². The van der Waals surface area contributed by atoms with Gasteiger partial charge in [-0.1, -0.05) is 12.1 Å². The van der Waals surface area contributed by atoms with E-state index in [1.54, 1.807) is 19.2 Å². The second kappa shape index (κ2) is 7.47. The number of benzene rings is 2. The minimum Gasteiger partial charge on any atom is -0.497 e. The van der Waals surface area contributed by atoms with Crippen molar-refractivity contribution >= 4 is 21.6 Å². The van der Waals surface area contributed by atoms with E-state index < -0.39 is 10.0 Å². The maximum atomic E-state index is 12.7. The van der Waals surface area contributed by atoms with Gasteiger partial charge in [0.25, 0.3) is 0 Å². The van der Waals surface area contributed by atoms with E-state index in [9.17, 15) is 13.2 Å². The fourth-order valence-electron chi connectivity index (χ4n) is 3.02. The zero-order chi connectivity index (χ0) is 18.7. The van der Waals surface area contributed by atoms with Crippen LogP contribution >= 0.6 is 0 Å². The molecule has 6 nitrogen and oxygen atoms in total. The van der Waals surface area contributed by atoms with Crippen LogP contribution in [0.1, 0.15) is 24.5 Å². The molecular weight excluding hydrogens is 352 g/mol. The molecule has 1 heterocycles. The monoisotopic (exact) mass is 374 g/mol. The highest BCUT2D eigenvalue weighted by molar-refractivity contribution is 7.89. The molecule has 0 saturated carbocycles. The molecule has 0 aromatic heterocycles. The van der Waals surface area contributed by atoms with Gasteiger partial charge in [-0.25, -0.2) is 13.1 Å².